The average Bonchev–Trinajstić information content (AvgIpc) is 3.17. The Morgan fingerprint density at radius 2 is 1.65 bits per heavy atom. The standard InChI is InChI=1S/C25H35N3O6S.C4H10.2C2H6/c1-5-16-27(35(33)23-13-11-22(29)12-14-23)17-15-20(26-24(30)34-25(2,3)4)18-19-7-6-8-21(10-9-19)28(31)32;1-4(2)3;2*1-2/h6,8-14,20,29H,5,7,15-18H2,1-4H3,(H,26,30);4H,1-3H3;2*1-2H3/t20-,35?;;;/m1.../s1. The van der Waals surface area contributed by atoms with Gasteiger partial charge < -0.3 is 15.2 Å². The van der Waals surface area contributed by atoms with Gasteiger partial charge in [0.05, 0.1) is 9.82 Å². The van der Waals surface area contributed by atoms with Crippen molar-refractivity contribution in [3.05, 3.63) is 70.0 Å². The van der Waals surface area contributed by atoms with Gasteiger partial charge in [-0.1, -0.05) is 73.1 Å². The molecule has 0 radical (unpaired) electrons. The van der Waals surface area contributed by atoms with Gasteiger partial charge in [0, 0.05) is 31.3 Å². The Labute approximate surface area is 263 Å². The molecule has 1 aromatic carbocycles. The first-order chi connectivity index (χ1) is 20.2. The average molecular weight is 624 g/mol. The fourth-order valence-electron chi connectivity index (χ4n) is 3.49. The minimum atomic E-state index is -1.43. The van der Waals surface area contributed by atoms with Crippen molar-refractivity contribution in [1.29, 1.82) is 0 Å². The number of carbonyl (C=O) groups excluding carboxylic acids is 1. The molecule has 1 aromatic rings. The van der Waals surface area contributed by atoms with Crippen LogP contribution in [0.1, 0.15) is 102 Å². The van der Waals surface area contributed by atoms with Crippen LogP contribution in [0.25, 0.3) is 0 Å². The normalized spacial score (nSPS) is 13.8. The summed E-state index contributed by atoms with van der Waals surface area (Å²) in [6, 6.07) is 5.94. The van der Waals surface area contributed by atoms with Gasteiger partial charge in [-0.05, 0) is 76.6 Å². The number of hydrogen-bond acceptors (Lipinski definition) is 6. The number of nitro groups is 1. The number of ether oxygens (including phenoxy) is 1. The number of allylic oxidation sites excluding steroid dienone is 4. The molecule has 1 aliphatic carbocycles. The molecule has 0 aromatic heterocycles. The zero-order valence-electron chi connectivity index (χ0n) is 28.3. The van der Waals surface area contributed by atoms with Gasteiger partial charge in [-0.25, -0.2) is 13.3 Å². The van der Waals surface area contributed by atoms with Crippen molar-refractivity contribution in [2.75, 3.05) is 13.1 Å². The molecule has 246 valence electrons. The van der Waals surface area contributed by atoms with Gasteiger partial charge in [0.2, 0.25) is 0 Å². The second-order valence-electron chi connectivity index (χ2n) is 11.0. The Kier molecular flexibility index (Phi) is 23.0. The highest BCUT2D eigenvalue weighted by Crippen LogP contribution is 2.21. The summed E-state index contributed by atoms with van der Waals surface area (Å²) in [5.74, 6) is 0.939. The van der Waals surface area contributed by atoms with E-state index in [9.17, 15) is 24.2 Å². The number of phenolic OH excluding ortho intramolecular Hbond substituents is 1. The van der Waals surface area contributed by atoms with Crippen molar-refractivity contribution in [3.8, 4) is 5.75 Å². The van der Waals surface area contributed by atoms with E-state index < -0.39 is 27.6 Å². The third-order valence-corrected chi connectivity index (χ3v) is 6.58. The first kappa shape index (κ1) is 42.2. The number of phenols is 1. The number of alkyl carbamates (subject to hydrolysis) is 1. The highest BCUT2D eigenvalue weighted by Gasteiger charge is 2.23. The zero-order chi connectivity index (χ0) is 33.6. The fourth-order valence-corrected chi connectivity index (χ4v) is 4.77. The molecule has 0 fully saturated rings. The number of nitrogens with zero attached hydrogens (tertiary/aromatic N) is 2. The molecular weight excluding hydrogens is 566 g/mol. The number of benzene rings is 1. The summed E-state index contributed by atoms with van der Waals surface area (Å²) >= 11 is 0. The summed E-state index contributed by atoms with van der Waals surface area (Å²) < 4.78 is 20.4. The molecule has 0 saturated carbocycles. The van der Waals surface area contributed by atoms with Crippen LogP contribution in [0.5, 0.6) is 5.75 Å². The highest BCUT2D eigenvalue weighted by molar-refractivity contribution is 7.82. The molecule has 0 heterocycles. The van der Waals surface area contributed by atoms with Crippen molar-refractivity contribution in [2.24, 2.45) is 5.92 Å². The SMILES string of the molecule is CC.CC.CC(C)C.CCCN(CC[C@H](CC1=CC=C([N+](=O)[O-])C=CC1)NC(=O)OC(C)(C)C)S(=O)c1ccc(O)cc1. The molecule has 2 N–H and O–H groups in total. The van der Waals surface area contributed by atoms with E-state index in [-0.39, 0.29) is 17.5 Å². The van der Waals surface area contributed by atoms with Crippen LogP contribution in [0.2, 0.25) is 0 Å². The van der Waals surface area contributed by atoms with E-state index in [1.165, 1.54) is 24.3 Å². The van der Waals surface area contributed by atoms with Gasteiger partial charge in [0.1, 0.15) is 22.3 Å². The number of hydrogen-bond donors (Lipinski definition) is 2. The molecule has 0 spiro atoms. The molecule has 2 rings (SSSR count). The lowest BCUT2D eigenvalue weighted by Crippen LogP contribution is -2.41. The Hall–Kier alpha value is -2.98. The van der Waals surface area contributed by atoms with Gasteiger partial charge in [-0.2, -0.15) is 0 Å². The maximum atomic E-state index is 13.2. The third kappa shape index (κ3) is 20.5. The number of carbonyl (C=O) groups is 1. The van der Waals surface area contributed by atoms with Crippen molar-refractivity contribution >= 4 is 17.1 Å². The van der Waals surface area contributed by atoms with Crippen molar-refractivity contribution in [1.82, 2.24) is 9.62 Å². The molecule has 0 saturated heterocycles. The predicted octanol–water partition coefficient (Wildman–Crippen LogP) is 8.56. The number of nitrogens with one attached hydrogen (secondary N) is 1. The lowest BCUT2D eigenvalue weighted by atomic mass is 10.0. The summed E-state index contributed by atoms with van der Waals surface area (Å²) in [6.07, 6.45) is 8.14. The van der Waals surface area contributed by atoms with E-state index in [1.54, 1.807) is 45.1 Å². The summed E-state index contributed by atoms with van der Waals surface area (Å²) in [4.78, 5) is 23.7. The van der Waals surface area contributed by atoms with E-state index in [1.807, 2.05) is 38.9 Å². The summed E-state index contributed by atoms with van der Waals surface area (Å²) in [6.45, 7) is 22.9. The molecule has 10 heteroatoms. The Morgan fingerprint density at radius 3 is 2.14 bits per heavy atom. The molecule has 0 bridgehead atoms. The van der Waals surface area contributed by atoms with Crippen molar-refractivity contribution in [2.45, 2.75) is 118 Å². The molecular formula is C33H57N3O6S. The van der Waals surface area contributed by atoms with Gasteiger partial charge in [-0.3, -0.25) is 10.1 Å². The van der Waals surface area contributed by atoms with Crippen LogP contribution < -0.4 is 5.32 Å². The first-order valence-electron chi connectivity index (χ1n) is 15.4. The molecule has 1 amide bonds. The van der Waals surface area contributed by atoms with Crippen LogP contribution in [-0.4, -0.2) is 49.4 Å². The topological polar surface area (TPSA) is 122 Å². The minimum absolute atomic E-state index is 0.00932. The van der Waals surface area contributed by atoms with Crippen molar-refractivity contribution < 1.29 is 23.8 Å². The zero-order valence-corrected chi connectivity index (χ0v) is 29.1. The van der Waals surface area contributed by atoms with Crippen LogP contribution in [0.4, 0.5) is 4.79 Å². The third-order valence-electron chi connectivity index (χ3n) is 5.07. The lowest BCUT2D eigenvalue weighted by Gasteiger charge is -2.27. The Bertz CT molecular complexity index is 1040. The lowest BCUT2D eigenvalue weighted by molar-refractivity contribution is -0.419. The van der Waals surface area contributed by atoms with E-state index in [2.05, 4.69) is 26.1 Å². The number of amides is 1. The maximum Gasteiger partial charge on any atom is 0.407 e. The largest absolute Gasteiger partial charge is 0.508 e. The summed E-state index contributed by atoms with van der Waals surface area (Å²) in [5, 5.41) is 23.5. The summed E-state index contributed by atoms with van der Waals surface area (Å²) in [5.41, 5.74) is 0.285. The second kappa shape index (κ2) is 23.5. The smallest absolute Gasteiger partial charge is 0.407 e. The quantitative estimate of drug-likeness (QED) is 0.188. The van der Waals surface area contributed by atoms with Gasteiger partial charge in [0.15, 0.2) is 0 Å². The Morgan fingerprint density at radius 1 is 1.09 bits per heavy atom. The van der Waals surface area contributed by atoms with Gasteiger partial charge in [-0.15, -0.1) is 0 Å². The highest BCUT2D eigenvalue weighted by atomic mass is 32.2. The van der Waals surface area contributed by atoms with E-state index in [0.29, 0.717) is 37.2 Å². The number of rotatable bonds is 11. The molecule has 2 atom stereocenters. The van der Waals surface area contributed by atoms with Crippen LogP contribution in [0, 0.1) is 16.0 Å². The fraction of sp³-hybridized carbons (Fsp3) is 0.606. The van der Waals surface area contributed by atoms with Gasteiger partial charge in [0.25, 0.3) is 5.70 Å². The maximum absolute atomic E-state index is 13.2. The minimum Gasteiger partial charge on any atom is -0.508 e. The monoisotopic (exact) mass is 623 g/mol. The molecule has 1 unspecified atom stereocenters. The molecule has 0 aliphatic heterocycles. The number of aromatic hydroxyl groups is 1. The van der Waals surface area contributed by atoms with Crippen LogP contribution in [-0.2, 0) is 15.7 Å². The van der Waals surface area contributed by atoms with E-state index >= 15 is 0 Å². The van der Waals surface area contributed by atoms with Crippen LogP contribution in [0.3, 0.4) is 0 Å². The van der Waals surface area contributed by atoms with Crippen molar-refractivity contribution in [3.63, 3.8) is 0 Å². The Balaban J connectivity index is 0. The second-order valence-corrected chi connectivity index (χ2v) is 12.5. The first-order valence-corrected chi connectivity index (χ1v) is 16.5. The van der Waals surface area contributed by atoms with Crippen LogP contribution in [0.15, 0.2) is 64.7 Å². The van der Waals surface area contributed by atoms with Crippen LogP contribution >= 0.6 is 0 Å². The molecule has 1 aliphatic rings. The molecule has 9 nitrogen and oxygen atoms in total. The van der Waals surface area contributed by atoms with E-state index in [0.717, 1.165) is 17.9 Å². The summed E-state index contributed by atoms with van der Waals surface area (Å²) in [7, 11) is -1.43. The van der Waals surface area contributed by atoms with E-state index in [4.69, 9.17) is 4.74 Å². The molecule has 43 heavy (non-hydrogen) atoms. The predicted molar refractivity (Wildman–Crippen MR) is 179 cm³/mol. The van der Waals surface area contributed by atoms with Gasteiger partial charge >= 0.3 is 6.09 Å².